The third-order valence-electron chi connectivity index (χ3n) is 3.10. The number of halogens is 3. The van der Waals surface area contributed by atoms with Crippen LogP contribution in [0, 0.1) is 17.5 Å². The third-order valence-corrected chi connectivity index (χ3v) is 3.10. The molecule has 2 N–H and O–H groups in total. The summed E-state index contributed by atoms with van der Waals surface area (Å²) in [6.45, 7) is 0.0330. The highest BCUT2D eigenvalue weighted by atomic mass is 19.2. The highest BCUT2D eigenvalue weighted by Gasteiger charge is 2.13. The van der Waals surface area contributed by atoms with E-state index in [1.165, 1.54) is 18.2 Å². The van der Waals surface area contributed by atoms with Gasteiger partial charge in [0.05, 0.1) is 12.0 Å². The van der Waals surface area contributed by atoms with Crippen LogP contribution in [0.25, 0.3) is 0 Å². The van der Waals surface area contributed by atoms with E-state index >= 15 is 0 Å². The lowest BCUT2D eigenvalue weighted by Gasteiger charge is -2.07. The fraction of sp³-hybridized carbons (Fsp3) is 0.125. The van der Waals surface area contributed by atoms with Crippen LogP contribution < -0.4 is 5.32 Å². The number of hydrogen-bond donors (Lipinski definition) is 2. The quantitative estimate of drug-likeness (QED) is 0.832. The summed E-state index contributed by atoms with van der Waals surface area (Å²) in [7, 11) is 0. The van der Waals surface area contributed by atoms with E-state index in [2.05, 4.69) is 5.32 Å². The largest absolute Gasteiger partial charge is 0.478 e. The summed E-state index contributed by atoms with van der Waals surface area (Å²) in [5.74, 6) is -5.26. The van der Waals surface area contributed by atoms with Crippen molar-refractivity contribution in [2.75, 3.05) is 0 Å². The van der Waals surface area contributed by atoms with Crippen molar-refractivity contribution in [1.82, 2.24) is 5.32 Å². The summed E-state index contributed by atoms with van der Waals surface area (Å²) < 4.78 is 39.3. The van der Waals surface area contributed by atoms with E-state index in [0.29, 0.717) is 17.7 Å². The second-order valence-electron chi connectivity index (χ2n) is 4.82. The van der Waals surface area contributed by atoms with E-state index in [1.54, 1.807) is 6.07 Å². The summed E-state index contributed by atoms with van der Waals surface area (Å²) in [6.07, 6.45) is -0.457. The monoisotopic (exact) mass is 323 g/mol. The maximum atomic E-state index is 13.4. The maximum Gasteiger partial charge on any atom is 0.335 e. The molecule has 0 bridgehead atoms. The Labute approximate surface area is 129 Å². The number of carboxylic acid groups (broad SMARTS) is 1. The Kier molecular flexibility index (Phi) is 5.00. The highest BCUT2D eigenvalue weighted by Crippen LogP contribution is 2.14. The van der Waals surface area contributed by atoms with Crippen LogP contribution in [0.1, 0.15) is 21.5 Å². The number of carbonyl (C=O) groups is 2. The predicted molar refractivity (Wildman–Crippen MR) is 75.3 cm³/mol. The average Bonchev–Trinajstić information content (AvgIpc) is 2.51. The van der Waals surface area contributed by atoms with Gasteiger partial charge in [-0.1, -0.05) is 12.1 Å². The summed E-state index contributed by atoms with van der Waals surface area (Å²) in [6, 6.07) is 6.96. The zero-order chi connectivity index (χ0) is 17.0. The second-order valence-corrected chi connectivity index (χ2v) is 4.82. The molecule has 0 heterocycles. The van der Waals surface area contributed by atoms with Crippen LogP contribution >= 0.6 is 0 Å². The molecule has 0 saturated carbocycles. The van der Waals surface area contributed by atoms with Gasteiger partial charge in [0.25, 0.3) is 0 Å². The smallest absolute Gasteiger partial charge is 0.335 e. The third kappa shape index (κ3) is 4.32. The van der Waals surface area contributed by atoms with Crippen molar-refractivity contribution in [3.8, 4) is 0 Å². The molecule has 0 radical (unpaired) electrons. The molecule has 0 aromatic heterocycles. The van der Waals surface area contributed by atoms with E-state index in [9.17, 15) is 22.8 Å². The number of carboxylic acids is 1. The summed E-state index contributed by atoms with van der Waals surface area (Å²) in [4.78, 5) is 22.6. The minimum Gasteiger partial charge on any atom is -0.478 e. The molecule has 1 amide bonds. The molecule has 0 unspecified atom stereocenters. The Morgan fingerprint density at radius 3 is 2.39 bits per heavy atom. The van der Waals surface area contributed by atoms with Gasteiger partial charge in [0.1, 0.15) is 5.82 Å². The Morgan fingerprint density at radius 2 is 1.70 bits per heavy atom. The average molecular weight is 323 g/mol. The van der Waals surface area contributed by atoms with Gasteiger partial charge < -0.3 is 10.4 Å². The lowest BCUT2D eigenvalue weighted by Crippen LogP contribution is -2.25. The number of carbonyl (C=O) groups excluding carboxylic acids is 1. The summed E-state index contributed by atoms with van der Waals surface area (Å²) >= 11 is 0. The van der Waals surface area contributed by atoms with E-state index in [1.807, 2.05) is 0 Å². The zero-order valence-electron chi connectivity index (χ0n) is 11.8. The first-order valence-corrected chi connectivity index (χ1v) is 6.59. The fourth-order valence-electron chi connectivity index (χ4n) is 1.95. The number of benzene rings is 2. The lowest BCUT2D eigenvalue weighted by molar-refractivity contribution is -0.120. The number of rotatable bonds is 5. The minimum atomic E-state index is -1.32. The van der Waals surface area contributed by atoms with Crippen LogP contribution in [0.2, 0.25) is 0 Å². The molecule has 4 nitrogen and oxygen atoms in total. The highest BCUT2D eigenvalue weighted by molar-refractivity contribution is 5.87. The number of aromatic carboxylic acids is 1. The molecule has 23 heavy (non-hydrogen) atoms. The SMILES string of the molecule is O=C(Cc1cc(F)c(F)cc1F)NCc1cccc(C(=O)O)c1. The van der Waals surface area contributed by atoms with Crippen LogP contribution in [-0.2, 0) is 17.8 Å². The molecule has 0 fully saturated rings. The van der Waals surface area contributed by atoms with Gasteiger partial charge in [-0.15, -0.1) is 0 Å². The number of hydrogen-bond acceptors (Lipinski definition) is 2. The fourth-order valence-corrected chi connectivity index (χ4v) is 1.95. The molecule has 0 atom stereocenters. The van der Waals surface area contributed by atoms with Crippen molar-refractivity contribution in [2.45, 2.75) is 13.0 Å². The van der Waals surface area contributed by atoms with Crippen molar-refractivity contribution in [1.29, 1.82) is 0 Å². The standard InChI is InChI=1S/C16H12F3NO3/c17-12-7-14(19)13(18)5-11(12)6-15(21)20-8-9-2-1-3-10(4-9)16(22)23/h1-5,7H,6,8H2,(H,20,21)(H,22,23). The van der Waals surface area contributed by atoms with Gasteiger partial charge in [0.2, 0.25) is 5.91 Å². The van der Waals surface area contributed by atoms with Crippen molar-refractivity contribution in [3.63, 3.8) is 0 Å². The van der Waals surface area contributed by atoms with Gasteiger partial charge in [-0.2, -0.15) is 0 Å². The van der Waals surface area contributed by atoms with Crippen molar-refractivity contribution in [3.05, 3.63) is 70.5 Å². The maximum absolute atomic E-state index is 13.4. The van der Waals surface area contributed by atoms with E-state index < -0.39 is 35.7 Å². The molecular weight excluding hydrogens is 311 g/mol. The molecule has 7 heteroatoms. The Balaban J connectivity index is 1.99. The molecule has 0 aliphatic rings. The summed E-state index contributed by atoms with van der Waals surface area (Å²) in [5, 5.41) is 11.3. The Bertz CT molecular complexity index is 762. The molecular formula is C16H12F3NO3. The van der Waals surface area contributed by atoms with Gasteiger partial charge in [-0.05, 0) is 23.8 Å². The lowest BCUT2D eigenvalue weighted by atomic mass is 10.1. The zero-order valence-corrected chi connectivity index (χ0v) is 11.8. The normalized spacial score (nSPS) is 10.4. The number of amides is 1. The van der Waals surface area contributed by atoms with Gasteiger partial charge in [0.15, 0.2) is 11.6 Å². The van der Waals surface area contributed by atoms with E-state index in [0.717, 1.165) is 0 Å². The van der Waals surface area contributed by atoms with Crippen LogP contribution in [0.4, 0.5) is 13.2 Å². The topological polar surface area (TPSA) is 66.4 Å². The van der Waals surface area contributed by atoms with Gasteiger partial charge in [-0.3, -0.25) is 4.79 Å². The number of nitrogens with one attached hydrogen (secondary N) is 1. The predicted octanol–water partition coefficient (Wildman–Crippen LogP) is 2.66. The molecule has 0 saturated heterocycles. The van der Waals surface area contributed by atoms with Gasteiger partial charge in [-0.25, -0.2) is 18.0 Å². The molecule has 120 valence electrons. The molecule has 0 spiro atoms. The van der Waals surface area contributed by atoms with Crippen LogP contribution in [0.15, 0.2) is 36.4 Å². The molecule has 2 aromatic carbocycles. The van der Waals surface area contributed by atoms with E-state index in [-0.39, 0.29) is 17.7 Å². The Hall–Kier alpha value is -2.83. The van der Waals surface area contributed by atoms with Gasteiger partial charge in [0, 0.05) is 18.2 Å². The first-order chi connectivity index (χ1) is 10.9. The second kappa shape index (κ2) is 6.95. The molecule has 0 aliphatic heterocycles. The molecule has 2 rings (SSSR count). The van der Waals surface area contributed by atoms with Crippen molar-refractivity contribution >= 4 is 11.9 Å². The summed E-state index contributed by atoms with van der Waals surface area (Å²) in [5.41, 5.74) is 0.355. The Morgan fingerprint density at radius 1 is 1.00 bits per heavy atom. The van der Waals surface area contributed by atoms with Crippen molar-refractivity contribution in [2.24, 2.45) is 0 Å². The molecule has 2 aromatic rings. The molecule has 0 aliphatic carbocycles. The van der Waals surface area contributed by atoms with Crippen LogP contribution in [0.5, 0.6) is 0 Å². The van der Waals surface area contributed by atoms with E-state index in [4.69, 9.17) is 5.11 Å². The minimum absolute atomic E-state index is 0.0330. The van der Waals surface area contributed by atoms with Crippen LogP contribution in [0.3, 0.4) is 0 Å². The van der Waals surface area contributed by atoms with Gasteiger partial charge >= 0.3 is 5.97 Å². The van der Waals surface area contributed by atoms with Crippen LogP contribution in [-0.4, -0.2) is 17.0 Å². The first-order valence-electron chi connectivity index (χ1n) is 6.59. The van der Waals surface area contributed by atoms with Crippen molar-refractivity contribution < 1.29 is 27.9 Å². The first kappa shape index (κ1) is 16.5.